The summed E-state index contributed by atoms with van der Waals surface area (Å²) in [5.74, 6) is 0.281. The fourth-order valence-corrected chi connectivity index (χ4v) is 4.14. The lowest BCUT2D eigenvalue weighted by atomic mass is 10.0. The van der Waals surface area contributed by atoms with Gasteiger partial charge in [-0.15, -0.1) is 11.3 Å². The SMILES string of the molecule is CC(C)c1ccc2c(N)c(C(=O)c3ccc(-c4ccccc4)cc3)sc2n1. The lowest BCUT2D eigenvalue weighted by Gasteiger charge is -2.04. The Morgan fingerprint density at radius 3 is 2.26 bits per heavy atom. The second-order valence-electron chi connectivity index (χ2n) is 6.86. The molecular weight excluding hydrogens is 352 g/mol. The highest BCUT2D eigenvalue weighted by atomic mass is 32.1. The molecule has 0 saturated carbocycles. The van der Waals surface area contributed by atoms with Crippen molar-refractivity contribution in [2.24, 2.45) is 0 Å². The van der Waals surface area contributed by atoms with Gasteiger partial charge in [0, 0.05) is 16.6 Å². The molecule has 134 valence electrons. The fourth-order valence-electron chi connectivity index (χ4n) is 3.08. The number of hydrogen-bond donors (Lipinski definition) is 1. The van der Waals surface area contributed by atoms with Crippen LogP contribution < -0.4 is 5.73 Å². The Labute approximate surface area is 162 Å². The zero-order chi connectivity index (χ0) is 19.0. The van der Waals surface area contributed by atoms with E-state index in [0.717, 1.165) is 27.0 Å². The van der Waals surface area contributed by atoms with Crippen LogP contribution in [0.4, 0.5) is 5.69 Å². The Bertz CT molecular complexity index is 1110. The number of hydrogen-bond acceptors (Lipinski definition) is 4. The average Bonchev–Trinajstić information content (AvgIpc) is 3.04. The van der Waals surface area contributed by atoms with Crippen molar-refractivity contribution < 1.29 is 4.79 Å². The first kappa shape index (κ1) is 17.4. The van der Waals surface area contributed by atoms with Gasteiger partial charge in [-0.05, 0) is 29.2 Å². The smallest absolute Gasteiger partial charge is 0.205 e. The molecule has 4 rings (SSSR count). The van der Waals surface area contributed by atoms with Gasteiger partial charge in [-0.2, -0.15) is 0 Å². The Hall–Kier alpha value is -2.98. The number of nitrogens with zero attached hydrogens (tertiary/aromatic N) is 1. The standard InChI is InChI=1S/C23H20N2OS/c1-14(2)19-13-12-18-20(24)22(27-23(18)25-19)21(26)17-10-8-16(9-11-17)15-6-4-3-5-7-15/h3-14H,24H2,1-2H3. The molecule has 2 aromatic carbocycles. The van der Waals surface area contributed by atoms with Crippen LogP contribution in [0, 0.1) is 0 Å². The predicted molar refractivity (Wildman–Crippen MR) is 113 cm³/mol. The lowest BCUT2D eigenvalue weighted by Crippen LogP contribution is -2.01. The van der Waals surface area contributed by atoms with Crippen LogP contribution in [0.25, 0.3) is 21.3 Å². The Morgan fingerprint density at radius 2 is 1.59 bits per heavy atom. The monoisotopic (exact) mass is 372 g/mol. The summed E-state index contributed by atoms with van der Waals surface area (Å²) in [4.78, 5) is 19.1. The maximum atomic E-state index is 13.0. The molecule has 4 aromatic rings. The highest BCUT2D eigenvalue weighted by Gasteiger charge is 2.19. The topological polar surface area (TPSA) is 56.0 Å². The second-order valence-corrected chi connectivity index (χ2v) is 7.86. The number of nitrogens with two attached hydrogens (primary N) is 1. The molecule has 0 aliphatic rings. The number of benzene rings is 2. The molecule has 2 aromatic heterocycles. The van der Waals surface area contributed by atoms with Gasteiger partial charge in [0.2, 0.25) is 5.78 Å². The van der Waals surface area contributed by atoms with Crippen LogP contribution in [0.2, 0.25) is 0 Å². The number of ketones is 1. The third-order valence-electron chi connectivity index (χ3n) is 4.67. The van der Waals surface area contributed by atoms with Crippen molar-refractivity contribution in [3.63, 3.8) is 0 Å². The van der Waals surface area contributed by atoms with Gasteiger partial charge < -0.3 is 5.73 Å². The number of thiophene rings is 1. The van der Waals surface area contributed by atoms with E-state index in [1.165, 1.54) is 11.3 Å². The van der Waals surface area contributed by atoms with Crippen molar-refractivity contribution in [2.75, 3.05) is 5.73 Å². The van der Waals surface area contributed by atoms with Gasteiger partial charge in [0.25, 0.3) is 0 Å². The first-order valence-electron chi connectivity index (χ1n) is 8.93. The van der Waals surface area contributed by atoms with E-state index in [-0.39, 0.29) is 5.78 Å². The molecule has 0 unspecified atom stereocenters. The molecule has 4 heteroatoms. The average molecular weight is 372 g/mol. The van der Waals surface area contributed by atoms with E-state index in [4.69, 9.17) is 5.73 Å². The molecule has 0 radical (unpaired) electrons. The minimum Gasteiger partial charge on any atom is -0.397 e. The van der Waals surface area contributed by atoms with Gasteiger partial charge in [-0.1, -0.05) is 68.4 Å². The molecule has 0 atom stereocenters. The minimum atomic E-state index is -0.0544. The van der Waals surface area contributed by atoms with Crippen molar-refractivity contribution in [1.82, 2.24) is 4.98 Å². The summed E-state index contributed by atoms with van der Waals surface area (Å²) >= 11 is 1.37. The summed E-state index contributed by atoms with van der Waals surface area (Å²) in [7, 11) is 0. The molecule has 0 aliphatic heterocycles. The highest BCUT2D eigenvalue weighted by Crippen LogP contribution is 2.35. The Kier molecular flexibility index (Phi) is 4.50. The van der Waals surface area contributed by atoms with E-state index in [1.807, 2.05) is 54.6 Å². The number of rotatable bonds is 4. The van der Waals surface area contributed by atoms with Crippen molar-refractivity contribution in [2.45, 2.75) is 19.8 Å². The molecule has 0 spiro atoms. The van der Waals surface area contributed by atoms with Crippen LogP contribution in [0.15, 0.2) is 66.7 Å². The zero-order valence-corrected chi connectivity index (χ0v) is 16.1. The van der Waals surface area contributed by atoms with E-state index < -0.39 is 0 Å². The normalized spacial score (nSPS) is 11.2. The van der Waals surface area contributed by atoms with Crippen LogP contribution in [0.5, 0.6) is 0 Å². The summed E-state index contributed by atoms with van der Waals surface area (Å²) in [6.07, 6.45) is 0. The molecule has 0 aliphatic carbocycles. The van der Waals surface area contributed by atoms with Crippen LogP contribution in [-0.4, -0.2) is 10.8 Å². The lowest BCUT2D eigenvalue weighted by molar-refractivity contribution is 0.104. The maximum Gasteiger partial charge on any atom is 0.205 e. The summed E-state index contributed by atoms with van der Waals surface area (Å²) < 4.78 is 0. The van der Waals surface area contributed by atoms with E-state index in [9.17, 15) is 4.79 Å². The molecular formula is C23H20N2OS. The fraction of sp³-hybridized carbons (Fsp3) is 0.130. The molecule has 27 heavy (non-hydrogen) atoms. The van der Waals surface area contributed by atoms with E-state index >= 15 is 0 Å². The molecule has 2 N–H and O–H groups in total. The number of pyridine rings is 1. The van der Waals surface area contributed by atoms with Gasteiger partial charge in [0.1, 0.15) is 9.71 Å². The van der Waals surface area contributed by atoms with E-state index in [1.54, 1.807) is 0 Å². The number of fused-ring (bicyclic) bond motifs is 1. The van der Waals surface area contributed by atoms with Crippen molar-refractivity contribution in [1.29, 1.82) is 0 Å². The first-order valence-corrected chi connectivity index (χ1v) is 9.75. The molecule has 3 nitrogen and oxygen atoms in total. The second kappa shape index (κ2) is 6.97. The summed E-state index contributed by atoms with van der Waals surface area (Å²) in [6.45, 7) is 4.21. The third kappa shape index (κ3) is 3.24. The Morgan fingerprint density at radius 1 is 0.926 bits per heavy atom. The van der Waals surface area contributed by atoms with Gasteiger partial charge in [-0.3, -0.25) is 4.79 Å². The van der Waals surface area contributed by atoms with E-state index in [2.05, 4.69) is 31.0 Å². The zero-order valence-electron chi connectivity index (χ0n) is 15.3. The van der Waals surface area contributed by atoms with Crippen LogP contribution in [0.3, 0.4) is 0 Å². The minimum absolute atomic E-state index is 0.0544. The van der Waals surface area contributed by atoms with Gasteiger partial charge in [0.05, 0.1) is 5.69 Å². The van der Waals surface area contributed by atoms with Gasteiger partial charge in [0.15, 0.2) is 0 Å². The van der Waals surface area contributed by atoms with Crippen molar-refractivity contribution >= 4 is 33.0 Å². The third-order valence-corrected chi connectivity index (χ3v) is 5.78. The largest absolute Gasteiger partial charge is 0.397 e. The van der Waals surface area contributed by atoms with Crippen LogP contribution in [-0.2, 0) is 0 Å². The van der Waals surface area contributed by atoms with Gasteiger partial charge in [-0.25, -0.2) is 4.98 Å². The summed E-state index contributed by atoms with van der Waals surface area (Å²) in [5.41, 5.74) is 10.7. The molecule has 0 fully saturated rings. The van der Waals surface area contributed by atoms with E-state index in [0.29, 0.717) is 22.0 Å². The quantitative estimate of drug-likeness (QED) is 0.454. The Balaban J connectivity index is 1.69. The number of carbonyl (C=O) groups is 1. The van der Waals surface area contributed by atoms with Crippen molar-refractivity contribution in [3.8, 4) is 11.1 Å². The molecule has 2 heterocycles. The number of aromatic nitrogens is 1. The van der Waals surface area contributed by atoms with Crippen LogP contribution >= 0.6 is 11.3 Å². The first-order chi connectivity index (χ1) is 13.0. The number of carbonyl (C=O) groups excluding carboxylic acids is 1. The van der Waals surface area contributed by atoms with Crippen molar-refractivity contribution in [3.05, 3.63) is 82.9 Å². The van der Waals surface area contributed by atoms with Crippen LogP contribution in [0.1, 0.15) is 40.7 Å². The summed E-state index contributed by atoms with van der Waals surface area (Å²) in [6, 6.07) is 21.7. The number of anilines is 1. The van der Waals surface area contributed by atoms with Gasteiger partial charge >= 0.3 is 0 Å². The molecule has 0 bridgehead atoms. The molecule has 0 saturated heterocycles. The summed E-state index contributed by atoms with van der Waals surface area (Å²) in [5, 5.41) is 0.855. The molecule has 0 amide bonds. The number of nitrogen functional groups attached to an aromatic ring is 1. The predicted octanol–water partition coefficient (Wildman–Crippen LogP) is 5.90. The highest BCUT2D eigenvalue weighted by molar-refractivity contribution is 7.21. The maximum absolute atomic E-state index is 13.0.